The number of rotatable bonds is 4. The molecule has 0 aliphatic heterocycles. The summed E-state index contributed by atoms with van der Waals surface area (Å²) in [4.78, 5) is 32.6. The van der Waals surface area contributed by atoms with Crippen molar-refractivity contribution in [1.29, 1.82) is 0 Å². The Bertz CT molecular complexity index is 579. The largest absolute Gasteiger partial charge is 0.481 e. The van der Waals surface area contributed by atoms with Crippen LogP contribution >= 0.6 is 0 Å². The molecule has 0 saturated heterocycles. The van der Waals surface area contributed by atoms with Crippen LogP contribution in [0.4, 0.5) is 5.69 Å². The SMILES string of the molecule is O=C(NC1C=CC(C(=O)O)C1)c1ccc([N+](=O)[O-])cc1. The van der Waals surface area contributed by atoms with E-state index in [1.54, 1.807) is 12.2 Å². The molecule has 0 heterocycles. The molecule has 1 aromatic carbocycles. The molecule has 0 radical (unpaired) electrons. The van der Waals surface area contributed by atoms with Crippen LogP contribution in [0.25, 0.3) is 0 Å². The molecule has 7 heteroatoms. The first-order valence-corrected chi connectivity index (χ1v) is 5.94. The van der Waals surface area contributed by atoms with Crippen LogP contribution < -0.4 is 5.32 Å². The number of benzene rings is 1. The van der Waals surface area contributed by atoms with Gasteiger partial charge in [0.25, 0.3) is 11.6 Å². The van der Waals surface area contributed by atoms with Crippen molar-refractivity contribution in [2.24, 2.45) is 5.92 Å². The van der Waals surface area contributed by atoms with Gasteiger partial charge in [-0.15, -0.1) is 0 Å². The molecule has 2 N–H and O–H groups in total. The van der Waals surface area contributed by atoms with E-state index in [0.717, 1.165) is 0 Å². The summed E-state index contributed by atoms with van der Waals surface area (Å²) in [5, 5.41) is 22.0. The summed E-state index contributed by atoms with van der Waals surface area (Å²) in [6.45, 7) is 0. The van der Waals surface area contributed by atoms with E-state index < -0.39 is 16.8 Å². The molecule has 1 aliphatic rings. The van der Waals surface area contributed by atoms with Gasteiger partial charge in [-0.3, -0.25) is 19.7 Å². The highest BCUT2D eigenvalue weighted by atomic mass is 16.6. The smallest absolute Gasteiger partial charge is 0.310 e. The van der Waals surface area contributed by atoms with Gasteiger partial charge in [0.15, 0.2) is 0 Å². The first-order chi connectivity index (χ1) is 9.47. The Balaban J connectivity index is 1.97. The number of amides is 1. The van der Waals surface area contributed by atoms with E-state index in [1.165, 1.54) is 24.3 Å². The Kier molecular flexibility index (Phi) is 3.79. The van der Waals surface area contributed by atoms with E-state index in [9.17, 15) is 19.7 Å². The van der Waals surface area contributed by atoms with Gasteiger partial charge in [0, 0.05) is 23.7 Å². The number of nitrogens with one attached hydrogen (secondary N) is 1. The second-order valence-corrected chi connectivity index (χ2v) is 4.45. The van der Waals surface area contributed by atoms with Crippen molar-refractivity contribution in [2.45, 2.75) is 12.5 Å². The summed E-state index contributed by atoms with van der Waals surface area (Å²) < 4.78 is 0. The first kappa shape index (κ1) is 13.7. The van der Waals surface area contributed by atoms with Crippen molar-refractivity contribution >= 4 is 17.6 Å². The minimum Gasteiger partial charge on any atom is -0.481 e. The number of carbonyl (C=O) groups is 2. The molecule has 0 aromatic heterocycles. The topological polar surface area (TPSA) is 110 Å². The highest BCUT2D eigenvalue weighted by Crippen LogP contribution is 2.19. The Hall–Kier alpha value is -2.70. The van der Waals surface area contributed by atoms with Gasteiger partial charge in [-0.1, -0.05) is 12.2 Å². The number of hydrogen-bond acceptors (Lipinski definition) is 4. The molecule has 2 rings (SSSR count). The standard InChI is InChI=1S/C13H12N2O5/c16-12(8-2-5-11(6-3-8)15(19)20)14-10-4-1-9(7-10)13(17)18/h1-6,9-10H,7H2,(H,14,16)(H,17,18). The molecular formula is C13H12N2O5. The number of nitro groups is 1. The van der Waals surface area contributed by atoms with E-state index in [2.05, 4.69) is 5.32 Å². The monoisotopic (exact) mass is 276 g/mol. The zero-order valence-electron chi connectivity index (χ0n) is 10.4. The van der Waals surface area contributed by atoms with Crippen LogP contribution in [0.15, 0.2) is 36.4 Å². The first-order valence-electron chi connectivity index (χ1n) is 5.94. The number of non-ortho nitro benzene ring substituents is 1. The van der Waals surface area contributed by atoms with Gasteiger partial charge in [-0.05, 0) is 18.6 Å². The second kappa shape index (κ2) is 5.52. The van der Waals surface area contributed by atoms with Crippen molar-refractivity contribution in [3.63, 3.8) is 0 Å². The number of nitrogens with zero attached hydrogens (tertiary/aromatic N) is 1. The predicted octanol–water partition coefficient (Wildman–Crippen LogP) is 1.35. The Morgan fingerprint density at radius 2 is 1.90 bits per heavy atom. The molecule has 2 unspecified atom stereocenters. The average Bonchev–Trinajstić information content (AvgIpc) is 2.87. The number of carboxylic acids is 1. The third kappa shape index (κ3) is 3.00. The quantitative estimate of drug-likeness (QED) is 0.490. The van der Waals surface area contributed by atoms with Gasteiger partial charge in [0.2, 0.25) is 0 Å². The highest BCUT2D eigenvalue weighted by Gasteiger charge is 2.25. The minimum absolute atomic E-state index is 0.0896. The van der Waals surface area contributed by atoms with Crippen LogP contribution in [-0.2, 0) is 4.79 Å². The normalized spacial score (nSPS) is 20.6. The zero-order valence-corrected chi connectivity index (χ0v) is 10.4. The fraction of sp³-hybridized carbons (Fsp3) is 0.231. The summed E-state index contributed by atoms with van der Waals surface area (Å²) in [5.41, 5.74) is 0.205. The van der Waals surface area contributed by atoms with Crippen LogP contribution in [0.1, 0.15) is 16.8 Å². The zero-order chi connectivity index (χ0) is 14.7. The number of hydrogen-bond donors (Lipinski definition) is 2. The van der Waals surface area contributed by atoms with Crippen molar-refractivity contribution in [3.05, 3.63) is 52.1 Å². The molecule has 0 spiro atoms. The maximum atomic E-state index is 11.9. The van der Waals surface area contributed by atoms with Crippen LogP contribution in [0.3, 0.4) is 0 Å². The van der Waals surface area contributed by atoms with Crippen molar-refractivity contribution in [3.8, 4) is 0 Å². The molecule has 2 atom stereocenters. The molecule has 0 fully saturated rings. The van der Waals surface area contributed by atoms with E-state index in [0.29, 0.717) is 12.0 Å². The maximum absolute atomic E-state index is 11.9. The molecule has 0 bridgehead atoms. The van der Waals surface area contributed by atoms with Gasteiger partial charge < -0.3 is 10.4 Å². The molecule has 1 aliphatic carbocycles. The fourth-order valence-corrected chi connectivity index (χ4v) is 1.98. The van der Waals surface area contributed by atoms with E-state index >= 15 is 0 Å². The summed E-state index contributed by atoms with van der Waals surface area (Å²) >= 11 is 0. The molecule has 0 saturated carbocycles. The molecule has 104 valence electrons. The lowest BCUT2D eigenvalue weighted by molar-refractivity contribution is -0.384. The van der Waals surface area contributed by atoms with Gasteiger partial charge in [-0.25, -0.2) is 0 Å². The van der Waals surface area contributed by atoms with E-state index in [4.69, 9.17) is 5.11 Å². The molecular weight excluding hydrogens is 264 g/mol. The molecule has 1 aromatic rings. The Morgan fingerprint density at radius 3 is 2.40 bits per heavy atom. The lowest BCUT2D eigenvalue weighted by Crippen LogP contribution is -2.33. The number of nitro benzene ring substituents is 1. The summed E-state index contributed by atoms with van der Waals surface area (Å²) in [6, 6.07) is 4.89. The van der Waals surface area contributed by atoms with E-state index in [1.807, 2.05) is 0 Å². The number of carboxylic acid groups (broad SMARTS) is 1. The van der Waals surface area contributed by atoms with Crippen LogP contribution in [0, 0.1) is 16.0 Å². The van der Waals surface area contributed by atoms with Gasteiger partial charge >= 0.3 is 5.97 Å². The lowest BCUT2D eigenvalue weighted by Gasteiger charge is -2.12. The number of aliphatic carboxylic acids is 1. The average molecular weight is 276 g/mol. The van der Waals surface area contributed by atoms with Gasteiger partial charge in [-0.2, -0.15) is 0 Å². The third-order valence-electron chi connectivity index (χ3n) is 3.06. The Labute approximate surface area is 114 Å². The Morgan fingerprint density at radius 1 is 1.25 bits per heavy atom. The molecule has 1 amide bonds. The van der Waals surface area contributed by atoms with Crippen molar-refractivity contribution < 1.29 is 19.6 Å². The lowest BCUT2D eigenvalue weighted by atomic mass is 10.1. The summed E-state index contributed by atoms with van der Waals surface area (Å²) in [6.07, 6.45) is 3.50. The summed E-state index contributed by atoms with van der Waals surface area (Å²) in [5.74, 6) is -1.90. The molecule has 7 nitrogen and oxygen atoms in total. The van der Waals surface area contributed by atoms with Gasteiger partial charge in [0.1, 0.15) is 0 Å². The minimum atomic E-state index is -0.923. The van der Waals surface area contributed by atoms with Crippen molar-refractivity contribution in [1.82, 2.24) is 5.32 Å². The highest BCUT2D eigenvalue weighted by molar-refractivity contribution is 5.94. The van der Waals surface area contributed by atoms with Crippen LogP contribution in [0.2, 0.25) is 0 Å². The van der Waals surface area contributed by atoms with Gasteiger partial charge in [0.05, 0.1) is 10.8 Å². The predicted molar refractivity (Wildman–Crippen MR) is 69.2 cm³/mol. The van der Waals surface area contributed by atoms with E-state index in [-0.39, 0.29) is 17.6 Å². The second-order valence-electron chi connectivity index (χ2n) is 4.45. The van der Waals surface area contributed by atoms with Crippen LogP contribution in [-0.4, -0.2) is 27.9 Å². The number of carbonyl (C=O) groups excluding carboxylic acids is 1. The van der Waals surface area contributed by atoms with Crippen molar-refractivity contribution in [2.75, 3.05) is 0 Å². The fourth-order valence-electron chi connectivity index (χ4n) is 1.98. The van der Waals surface area contributed by atoms with Crippen LogP contribution in [0.5, 0.6) is 0 Å². The third-order valence-corrected chi connectivity index (χ3v) is 3.06. The maximum Gasteiger partial charge on any atom is 0.310 e. The molecule has 20 heavy (non-hydrogen) atoms. The summed E-state index contributed by atoms with van der Waals surface area (Å²) in [7, 11) is 0.